The van der Waals surface area contributed by atoms with Gasteiger partial charge in [-0.3, -0.25) is 4.98 Å². The second-order valence-electron chi connectivity index (χ2n) is 5.74. The third kappa shape index (κ3) is 4.39. The number of benzene rings is 2. The summed E-state index contributed by atoms with van der Waals surface area (Å²) in [4.78, 5) is 15.9. The molecule has 0 amide bonds. The van der Waals surface area contributed by atoms with Crippen LogP contribution in [0, 0.1) is 0 Å². The predicted molar refractivity (Wildman–Crippen MR) is 101 cm³/mol. The van der Waals surface area contributed by atoms with E-state index in [1.54, 1.807) is 24.4 Å². The van der Waals surface area contributed by atoms with Crippen LogP contribution in [-0.2, 0) is 14.8 Å². The highest BCUT2D eigenvalue weighted by Crippen LogP contribution is 2.23. The van der Waals surface area contributed by atoms with Gasteiger partial charge in [0.05, 0.1) is 29.3 Å². The minimum atomic E-state index is -3.85. The molecule has 1 atom stereocenters. The van der Waals surface area contributed by atoms with Crippen LogP contribution in [-0.4, -0.2) is 26.5 Å². The standard InChI is InChI=1S/C20H18N2O4S/c1-26-20(23)16-10-12-17(13-11-16)27(24,25)22-19(15-7-3-2-4-8-15)18-9-5-6-14-21-18/h2-14,19,22H,1H3. The smallest absolute Gasteiger partial charge is 0.337 e. The molecule has 0 aliphatic carbocycles. The lowest BCUT2D eigenvalue weighted by atomic mass is 10.0. The molecule has 1 aromatic heterocycles. The van der Waals surface area contributed by atoms with Crippen molar-refractivity contribution in [3.63, 3.8) is 0 Å². The molecule has 138 valence electrons. The summed E-state index contributed by atoms with van der Waals surface area (Å²) in [6, 6.07) is 19.5. The van der Waals surface area contributed by atoms with Gasteiger partial charge in [-0.25, -0.2) is 13.2 Å². The highest BCUT2D eigenvalue weighted by molar-refractivity contribution is 7.89. The molecule has 27 heavy (non-hydrogen) atoms. The maximum atomic E-state index is 12.9. The summed E-state index contributed by atoms with van der Waals surface area (Å²) < 4.78 is 33.1. The van der Waals surface area contributed by atoms with Gasteiger partial charge in [-0.2, -0.15) is 4.72 Å². The number of carbonyl (C=O) groups is 1. The average Bonchev–Trinajstić information content (AvgIpc) is 2.73. The number of ether oxygens (including phenoxy) is 1. The molecule has 0 aliphatic heterocycles. The van der Waals surface area contributed by atoms with Crippen molar-refractivity contribution in [3.8, 4) is 0 Å². The highest BCUT2D eigenvalue weighted by Gasteiger charge is 2.24. The Morgan fingerprint density at radius 3 is 2.22 bits per heavy atom. The zero-order valence-corrected chi connectivity index (χ0v) is 15.4. The second-order valence-corrected chi connectivity index (χ2v) is 7.45. The fourth-order valence-electron chi connectivity index (χ4n) is 2.60. The zero-order chi connectivity index (χ0) is 19.3. The lowest BCUT2D eigenvalue weighted by molar-refractivity contribution is 0.0600. The lowest BCUT2D eigenvalue weighted by Gasteiger charge is -2.19. The molecule has 0 radical (unpaired) electrons. The molecule has 1 heterocycles. The first-order valence-corrected chi connectivity index (χ1v) is 9.66. The summed E-state index contributed by atoms with van der Waals surface area (Å²) in [6.07, 6.45) is 1.62. The Kier molecular flexibility index (Phi) is 5.63. The zero-order valence-electron chi connectivity index (χ0n) is 14.6. The van der Waals surface area contributed by atoms with Crippen molar-refractivity contribution >= 4 is 16.0 Å². The Bertz CT molecular complexity index is 965. The van der Waals surface area contributed by atoms with Gasteiger partial charge in [0.25, 0.3) is 0 Å². The van der Waals surface area contributed by atoms with E-state index in [0.29, 0.717) is 5.69 Å². The van der Waals surface area contributed by atoms with E-state index in [2.05, 4.69) is 14.4 Å². The van der Waals surface area contributed by atoms with Crippen LogP contribution in [0.2, 0.25) is 0 Å². The van der Waals surface area contributed by atoms with E-state index >= 15 is 0 Å². The van der Waals surface area contributed by atoms with Crippen molar-refractivity contribution in [2.45, 2.75) is 10.9 Å². The molecule has 1 unspecified atom stereocenters. The molecular formula is C20H18N2O4S. The summed E-state index contributed by atoms with van der Waals surface area (Å²) in [5.74, 6) is -0.525. The van der Waals surface area contributed by atoms with Crippen molar-refractivity contribution in [1.29, 1.82) is 0 Å². The number of hydrogen-bond acceptors (Lipinski definition) is 5. The van der Waals surface area contributed by atoms with Crippen molar-refractivity contribution in [3.05, 3.63) is 95.8 Å². The van der Waals surface area contributed by atoms with Gasteiger partial charge in [0.1, 0.15) is 0 Å². The number of nitrogens with zero attached hydrogens (tertiary/aromatic N) is 1. The molecule has 2 aromatic carbocycles. The quantitative estimate of drug-likeness (QED) is 0.663. The summed E-state index contributed by atoms with van der Waals surface area (Å²) >= 11 is 0. The minimum Gasteiger partial charge on any atom is -0.465 e. The van der Waals surface area contributed by atoms with Crippen molar-refractivity contribution in [2.24, 2.45) is 0 Å². The fraction of sp³-hybridized carbons (Fsp3) is 0.100. The number of pyridine rings is 1. The Labute approximate surface area is 157 Å². The maximum Gasteiger partial charge on any atom is 0.337 e. The minimum absolute atomic E-state index is 0.0482. The maximum absolute atomic E-state index is 12.9. The first-order valence-electron chi connectivity index (χ1n) is 8.18. The van der Waals surface area contributed by atoms with E-state index in [9.17, 15) is 13.2 Å². The molecule has 0 aliphatic rings. The number of sulfonamides is 1. The van der Waals surface area contributed by atoms with E-state index in [4.69, 9.17) is 0 Å². The fourth-order valence-corrected chi connectivity index (χ4v) is 3.80. The summed E-state index contributed by atoms with van der Waals surface area (Å²) in [5, 5.41) is 0. The molecular weight excluding hydrogens is 364 g/mol. The van der Waals surface area contributed by atoms with Gasteiger partial charge in [0, 0.05) is 6.20 Å². The number of esters is 1. The summed E-state index contributed by atoms with van der Waals surface area (Å²) in [6.45, 7) is 0. The van der Waals surface area contributed by atoms with Crippen LogP contribution >= 0.6 is 0 Å². The van der Waals surface area contributed by atoms with E-state index in [-0.39, 0.29) is 10.5 Å². The van der Waals surface area contributed by atoms with Crippen LogP contribution in [0.1, 0.15) is 27.7 Å². The first-order chi connectivity index (χ1) is 13.0. The Balaban J connectivity index is 1.94. The predicted octanol–water partition coefficient (Wildman–Crippen LogP) is 2.94. The van der Waals surface area contributed by atoms with Crippen LogP contribution in [0.15, 0.2) is 83.9 Å². The van der Waals surface area contributed by atoms with Gasteiger partial charge in [-0.05, 0) is 42.0 Å². The number of aromatic nitrogens is 1. The Morgan fingerprint density at radius 2 is 1.63 bits per heavy atom. The molecule has 0 saturated carbocycles. The van der Waals surface area contributed by atoms with Gasteiger partial charge in [0.2, 0.25) is 10.0 Å². The van der Waals surface area contributed by atoms with Crippen molar-refractivity contribution in [2.75, 3.05) is 7.11 Å². The van der Waals surface area contributed by atoms with Gasteiger partial charge < -0.3 is 4.74 Å². The summed E-state index contributed by atoms with van der Waals surface area (Å²) in [7, 11) is -2.58. The number of nitrogens with one attached hydrogen (secondary N) is 1. The Morgan fingerprint density at radius 1 is 0.963 bits per heavy atom. The number of carbonyl (C=O) groups excluding carboxylic acids is 1. The topological polar surface area (TPSA) is 85.4 Å². The Hall–Kier alpha value is -3.03. The monoisotopic (exact) mass is 382 g/mol. The van der Waals surface area contributed by atoms with Gasteiger partial charge in [-0.15, -0.1) is 0 Å². The van der Waals surface area contributed by atoms with Crippen LogP contribution in [0.5, 0.6) is 0 Å². The lowest BCUT2D eigenvalue weighted by Crippen LogP contribution is -2.30. The third-order valence-corrected chi connectivity index (χ3v) is 5.41. The van der Waals surface area contributed by atoms with Crippen LogP contribution in [0.25, 0.3) is 0 Å². The normalized spacial score (nSPS) is 12.3. The third-order valence-electron chi connectivity index (χ3n) is 3.98. The van der Waals surface area contributed by atoms with E-state index in [1.165, 1.54) is 31.4 Å². The molecule has 1 N–H and O–H groups in total. The largest absolute Gasteiger partial charge is 0.465 e. The SMILES string of the molecule is COC(=O)c1ccc(S(=O)(=O)NC(c2ccccc2)c2ccccn2)cc1. The molecule has 3 aromatic rings. The van der Waals surface area contributed by atoms with Crippen LogP contribution in [0.3, 0.4) is 0 Å². The van der Waals surface area contributed by atoms with Gasteiger partial charge in [0.15, 0.2) is 0 Å². The number of methoxy groups -OCH3 is 1. The average molecular weight is 382 g/mol. The molecule has 0 spiro atoms. The van der Waals surface area contributed by atoms with Gasteiger partial charge >= 0.3 is 5.97 Å². The number of hydrogen-bond donors (Lipinski definition) is 1. The molecule has 6 nitrogen and oxygen atoms in total. The molecule has 3 rings (SSSR count). The summed E-state index contributed by atoms with van der Waals surface area (Å²) in [5.41, 5.74) is 1.63. The molecule has 0 saturated heterocycles. The molecule has 0 fully saturated rings. The number of rotatable bonds is 6. The highest BCUT2D eigenvalue weighted by atomic mass is 32.2. The second kappa shape index (κ2) is 8.11. The van der Waals surface area contributed by atoms with Crippen molar-refractivity contribution < 1.29 is 17.9 Å². The first kappa shape index (κ1) is 18.8. The van der Waals surface area contributed by atoms with Crippen LogP contribution < -0.4 is 4.72 Å². The van der Waals surface area contributed by atoms with Crippen molar-refractivity contribution in [1.82, 2.24) is 9.71 Å². The van der Waals surface area contributed by atoms with E-state index in [0.717, 1.165) is 5.56 Å². The molecule has 0 bridgehead atoms. The molecule has 7 heteroatoms. The van der Waals surface area contributed by atoms with Gasteiger partial charge in [-0.1, -0.05) is 36.4 Å². The van der Waals surface area contributed by atoms with E-state index < -0.39 is 22.0 Å². The van der Waals surface area contributed by atoms with Crippen LogP contribution in [0.4, 0.5) is 0 Å². The van der Waals surface area contributed by atoms with E-state index in [1.807, 2.05) is 30.3 Å².